The molecule has 1 aromatic carbocycles. The molecule has 0 unspecified atom stereocenters. The molecule has 6 nitrogen and oxygen atoms in total. The molecular formula is C24H28N4O2S. The van der Waals surface area contributed by atoms with Gasteiger partial charge in [0, 0.05) is 37.5 Å². The van der Waals surface area contributed by atoms with Gasteiger partial charge in [-0.1, -0.05) is 30.3 Å². The van der Waals surface area contributed by atoms with Gasteiger partial charge >= 0.3 is 0 Å². The molecular weight excluding hydrogens is 408 g/mol. The van der Waals surface area contributed by atoms with E-state index in [0.717, 1.165) is 73.8 Å². The number of hydrogen-bond donors (Lipinski definition) is 0. The van der Waals surface area contributed by atoms with Gasteiger partial charge in [-0.3, -0.25) is 18.9 Å². The van der Waals surface area contributed by atoms with Crippen molar-refractivity contribution >= 4 is 22.2 Å². The van der Waals surface area contributed by atoms with Crippen molar-refractivity contribution in [3.05, 3.63) is 57.8 Å². The zero-order chi connectivity index (χ0) is 21.2. The van der Waals surface area contributed by atoms with E-state index in [1.807, 2.05) is 40.6 Å². The molecule has 2 saturated heterocycles. The molecule has 0 atom stereocenters. The zero-order valence-electron chi connectivity index (χ0n) is 17.7. The van der Waals surface area contributed by atoms with Gasteiger partial charge in [0.05, 0.1) is 11.4 Å². The minimum Gasteiger partial charge on any atom is -0.343 e. The van der Waals surface area contributed by atoms with Gasteiger partial charge in [0.1, 0.15) is 0 Å². The van der Waals surface area contributed by atoms with Crippen molar-refractivity contribution in [3.8, 4) is 11.3 Å². The summed E-state index contributed by atoms with van der Waals surface area (Å²) < 4.78 is 1.71. The van der Waals surface area contributed by atoms with Crippen LogP contribution in [0.4, 0.5) is 0 Å². The maximum atomic E-state index is 12.9. The second-order valence-corrected chi connectivity index (χ2v) is 9.54. The van der Waals surface area contributed by atoms with Gasteiger partial charge in [0.25, 0.3) is 5.56 Å². The Labute approximate surface area is 186 Å². The maximum Gasteiger partial charge on any atom is 0.259 e. The molecule has 2 fully saturated rings. The minimum atomic E-state index is -0.0220. The van der Waals surface area contributed by atoms with E-state index >= 15 is 0 Å². The first kappa shape index (κ1) is 20.4. The number of carbonyl (C=O) groups excluding carboxylic acids is 1. The van der Waals surface area contributed by atoms with E-state index in [2.05, 4.69) is 4.90 Å². The highest BCUT2D eigenvalue weighted by Gasteiger charge is 2.25. The Balaban J connectivity index is 1.22. The third-order valence-corrected chi connectivity index (χ3v) is 7.37. The van der Waals surface area contributed by atoms with Gasteiger partial charge in [0.2, 0.25) is 5.91 Å². The van der Waals surface area contributed by atoms with Gasteiger partial charge in [-0.25, -0.2) is 4.98 Å². The number of amides is 1. The highest BCUT2D eigenvalue weighted by molar-refractivity contribution is 7.15. The highest BCUT2D eigenvalue weighted by atomic mass is 32.1. The lowest BCUT2D eigenvalue weighted by atomic mass is 9.93. The van der Waals surface area contributed by atoms with Gasteiger partial charge < -0.3 is 4.90 Å². The van der Waals surface area contributed by atoms with Crippen LogP contribution in [0.1, 0.15) is 37.8 Å². The van der Waals surface area contributed by atoms with Crippen molar-refractivity contribution in [3.63, 3.8) is 0 Å². The molecule has 4 heterocycles. The second kappa shape index (κ2) is 8.93. The Morgan fingerprint density at radius 1 is 1.06 bits per heavy atom. The SMILES string of the molecule is O=C(CC1CCN(Cc2cc(=O)n3c(-c4ccccc4)csc3n2)CC1)N1CCCC1. The number of aromatic nitrogens is 2. The van der Waals surface area contributed by atoms with Crippen LogP contribution >= 0.6 is 11.3 Å². The first-order chi connectivity index (χ1) is 15.2. The first-order valence-electron chi connectivity index (χ1n) is 11.2. The molecule has 3 aromatic rings. The number of fused-ring (bicyclic) bond motifs is 1. The lowest BCUT2D eigenvalue weighted by Crippen LogP contribution is -2.36. The van der Waals surface area contributed by atoms with E-state index in [4.69, 9.17) is 4.98 Å². The topological polar surface area (TPSA) is 57.9 Å². The quantitative estimate of drug-likeness (QED) is 0.613. The smallest absolute Gasteiger partial charge is 0.259 e. The predicted octanol–water partition coefficient (Wildman–Crippen LogP) is 3.65. The van der Waals surface area contributed by atoms with Crippen LogP contribution in [-0.2, 0) is 11.3 Å². The van der Waals surface area contributed by atoms with Gasteiger partial charge in [-0.05, 0) is 50.3 Å². The largest absolute Gasteiger partial charge is 0.343 e. The fraction of sp³-hybridized carbons (Fsp3) is 0.458. The van der Waals surface area contributed by atoms with Gasteiger partial charge in [-0.15, -0.1) is 11.3 Å². The lowest BCUT2D eigenvalue weighted by molar-refractivity contribution is -0.131. The summed E-state index contributed by atoms with van der Waals surface area (Å²) in [6.45, 7) is 4.49. The van der Waals surface area contributed by atoms with E-state index in [-0.39, 0.29) is 5.56 Å². The fourth-order valence-corrected chi connectivity index (χ4v) is 5.70. The number of hydrogen-bond acceptors (Lipinski definition) is 5. The third-order valence-electron chi connectivity index (χ3n) is 6.54. The fourth-order valence-electron chi connectivity index (χ4n) is 4.78. The molecule has 1 amide bonds. The molecule has 0 radical (unpaired) electrons. The molecule has 2 aliphatic rings. The first-order valence-corrected chi connectivity index (χ1v) is 12.1. The van der Waals surface area contributed by atoms with Crippen molar-refractivity contribution in [2.75, 3.05) is 26.2 Å². The average molecular weight is 437 g/mol. The lowest BCUT2D eigenvalue weighted by Gasteiger charge is -2.32. The summed E-state index contributed by atoms with van der Waals surface area (Å²) in [6.07, 6.45) is 5.07. The van der Waals surface area contributed by atoms with E-state index < -0.39 is 0 Å². The van der Waals surface area contributed by atoms with E-state index in [1.54, 1.807) is 10.5 Å². The molecule has 0 bridgehead atoms. The monoisotopic (exact) mass is 436 g/mol. The number of rotatable bonds is 5. The highest BCUT2D eigenvalue weighted by Crippen LogP contribution is 2.25. The molecule has 162 valence electrons. The summed E-state index contributed by atoms with van der Waals surface area (Å²) in [4.78, 5) is 35.2. The number of piperidine rings is 1. The van der Waals surface area contributed by atoms with E-state index in [1.165, 1.54) is 11.3 Å². The van der Waals surface area contributed by atoms with Crippen LogP contribution in [0.15, 0.2) is 46.6 Å². The molecule has 0 spiro atoms. The molecule has 0 aliphatic carbocycles. The number of carbonyl (C=O) groups is 1. The summed E-state index contributed by atoms with van der Waals surface area (Å²) >= 11 is 1.51. The Hall–Kier alpha value is -2.51. The van der Waals surface area contributed by atoms with Gasteiger partial charge in [0.15, 0.2) is 4.96 Å². The van der Waals surface area contributed by atoms with Crippen LogP contribution < -0.4 is 5.56 Å². The number of benzene rings is 1. The normalized spacial score (nSPS) is 18.1. The maximum absolute atomic E-state index is 12.9. The standard InChI is InChI=1S/C24H28N4O2S/c29-22(27-10-4-5-11-27)14-18-8-12-26(13-9-18)16-20-15-23(30)28-21(17-31-24(28)25-20)19-6-2-1-3-7-19/h1-3,6-7,15,17-18H,4-5,8-14,16H2. The van der Waals surface area contributed by atoms with Crippen LogP contribution in [0.5, 0.6) is 0 Å². The van der Waals surface area contributed by atoms with Crippen LogP contribution in [0.2, 0.25) is 0 Å². The van der Waals surface area contributed by atoms with Crippen LogP contribution in [0.25, 0.3) is 16.2 Å². The van der Waals surface area contributed by atoms with Crippen LogP contribution in [0, 0.1) is 5.92 Å². The Bertz CT molecular complexity index is 1110. The molecule has 2 aliphatic heterocycles. The number of likely N-dealkylation sites (tertiary alicyclic amines) is 2. The van der Waals surface area contributed by atoms with Crippen molar-refractivity contribution in [2.45, 2.75) is 38.6 Å². The molecule has 0 saturated carbocycles. The van der Waals surface area contributed by atoms with Crippen LogP contribution in [0.3, 0.4) is 0 Å². The number of thiazole rings is 1. The molecule has 2 aromatic heterocycles. The minimum absolute atomic E-state index is 0.0220. The molecule has 7 heteroatoms. The summed E-state index contributed by atoms with van der Waals surface area (Å²) in [6, 6.07) is 11.6. The summed E-state index contributed by atoms with van der Waals surface area (Å²) in [5.41, 5.74) is 2.73. The predicted molar refractivity (Wildman–Crippen MR) is 123 cm³/mol. The third kappa shape index (κ3) is 4.43. The average Bonchev–Trinajstić information content (AvgIpc) is 3.46. The van der Waals surface area contributed by atoms with Crippen molar-refractivity contribution < 1.29 is 4.79 Å². The zero-order valence-corrected chi connectivity index (χ0v) is 18.5. The van der Waals surface area contributed by atoms with E-state index in [9.17, 15) is 9.59 Å². The molecule has 0 N–H and O–H groups in total. The Morgan fingerprint density at radius 3 is 2.55 bits per heavy atom. The number of nitrogens with zero attached hydrogens (tertiary/aromatic N) is 4. The summed E-state index contributed by atoms with van der Waals surface area (Å²) in [7, 11) is 0. The van der Waals surface area contributed by atoms with Crippen molar-refractivity contribution in [2.24, 2.45) is 5.92 Å². The summed E-state index contributed by atoms with van der Waals surface area (Å²) in [5, 5.41) is 2.01. The second-order valence-electron chi connectivity index (χ2n) is 8.70. The Morgan fingerprint density at radius 2 is 1.81 bits per heavy atom. The van der Waals surface area contributed by atoms with Crippen LogP contribution in [-0.4, -0.2) is 51.3 Å². The van der Waals surface area contributed by atoms with Crippen molar-refractivity contribution in [1.82, 2.24) is 19.2 Å². The van der Waals surface area contributed by atoms with E-state index in [0.29, 0.717) is 24.8 Å². The van der Waals surface area contributed by atoms with Crippen molar-refractivity contribution in [1.29, 1.82) is 0 Å². The summed E-state index contributed by atoms with van der Waals surface area (Å²) in [5.74, 6) is 0.819. The molecule has 31 heavy (non-hydrogen) atoms. The van der Waals surface area contributed by atoms with Gasteiger partial charge in [-0.2, -0.15) is 0 Å². The molecule has 5 rings (SSSR count). The Kier molecular flexibility index (Phi) is 5.87.